The first-order valence-electron chi connectivity index (χ1n) is 6.84. The van der Waals surface area contributed by atoms with Crippen molar-refractivity contribution < 1.29 is 9.47 Å². The van der Waals surface area contributed by atoms with Crippen molar-refractivity contribution in [3.05, 3.63) is 29.3 Å². The van der Waals surface area contributed by atoms with E-state index in [1.54, 1.807) is 7.11 Å². The molecule has 0 radical (unpaired) electrons. The summed E-state index contributed by atoms with van der Waals surface area (Å²) in [6, 6.07) is 6.93. The molecule has 1 aliphatic heterocycles. The molecule has 0 saturated carbocycles. The molecule has 2 unspecified atom stereocenters. The minimum Gasteiger partial charge on any atom is -0.496 e. The third-order valence-electron chi connectivity index (χ3n) is 4.30. The van der Waals surface area contributed by atoms with Gasteiger partial charge in [-0.1, -0.05) is 19.1 Å². The van der Waals surface area contributed by atoms with Gasteiger partial charge < -0.3 is 9.47 Å². The Hall–Kier alpha value is -1.06. The van der Waals surface area contributed by atoms with Crippen LogP contribution in [0.1, 0.15) is 18.1 Å². The van der Waals surface area contributed by atoms with Crippen LogP contribution in [-0.4, -0.2) is 43.9 Å². The zero-order chi connectivity index (χ0) is 12.5. The van der Waals surface area contributed by atoms with E-state index >= 15 is 0 Å². The molecule has 2 aliphatic rings. The maximum atomic E-state index is 5.97. The molecule has 3 nitrogen and oxygen atoms in total. The average Bonchev–Trinajstić information content (AvgIpc) is 2.43. The van der Waals surface area contributed by atoms with Crippen LogP contribution in [0.3, 0.4) is 0 Å². The number of likely N-dealkylation sites (N-methyl/N-ethyl adjacent to an activating group) is 1. The first-order chi connectivity index (χ1) is 8.83. The van der Waals surface area contributed by atoms with Gasteiger partial charge >= 0.3 is 0 Å². The summed E-state index contributed by atoms with van der Waals surface area (Å²) >= 11 is 0. The van der Waals surface area contributed by atoms with E-state index in [0.717, 1.165) is 38.3 Å². The highest BCUT2D eigenvalue weighted by Gasteiger charge is 2.36. The molecule has 1 saturated heterocycles. The summed E-state index contributed by atoms with van der Waals surface area (Å²) in [5, 5.41) is 0. The van der Waals surface area contributed by atoms with Gasteiger partial charge in [-0.15, -0.1) is 0 Å². The minimum absolute atomic E-state index is 0.336. The van der Waals surface area contributed by atoms with Gasteiger partial charge in [-0.25, -0.2) is 0 Å². The van der Waals surface area contributed by atoms with Gasteiger partial charge in [-0.3, -0.25) is 4.90 Å². The number of benzene rings is 1. The molecule has 3 rings (SSSR count). The van der Waals surface area contributed by atoms with E-state index < -0.39 is 0 Å². The number of hydrogen-bond donors (Lipinski definition) is 0. The highest BCUT2D eigenvalue weighted by Crippen LogP contribution is 2.33. The Morgan fingerprint density at radius 2 is 2.28 bits per heavy atom. The van der Waals surface area contributed by atoms with Gasteiger partial charge in [0.25, 0.3) is 0 Å². The van der Waals surface area contributed by atoms with Crippen molar-refractivity contribution in [2.45, 2.75) is 31.9 Å². The fraction of sp³-hybridized carbons (Fsp3) is 0.600. The summed E-state index contributed by atoms with van der Waals surface area (Å²) in [6.07, 6.45) is 2.41. The van der Waals surface area contributed by atoms with E-state index in [4.69, 9.17) is 9.47 Å². The highest BCUT2D eigenvalue weighted by atomic mass is 16.5. The zero-order valence-electron chi connectivity index (χ0n) is 11.2. The molecule has 3 heteroatoms. The van der Waals surface area contributed by atoms with Crippen molar-refractivity contribution in [2.75, 3.05) is 26.8 Å². The second-order valence-corrected chi connectivity index (χ2v) is 5.11. The minimum atomic E-state index is 0.336. The molecule has 2 atom stereocenters. The average molecular weight is 247 g/mol. The third-order valence-corrected chi connectivity index (χ3v) is 4.30. The van der Waals surface area contributed by atoms with Crippen LogP contribution in [0, 0.1) is 0 Å². The van der Waals surface area contributed by atoms with Crippen LogP contribution < -0.4 is 4.74 Å². The van der Waals surface area contributed by atoms with Crippen LogP contribution in [-0.2, 0) is 17.6 Å². The van der Waals surface area contributed by atoms with E-state index in [2.05, 4.69) is 30.0 Å². The number of hydrogen-bond acceptors (Lipinski definition) is 3. The van der Waals surface area contributed by atoms with Crippen LogP contribution >= 0.6 is 0 Å². The van der Waals surface area contributed by atoms with Gasteiger partial charge in [0.15, 0.2) is 0 Å². The van der Waals surface area contributed by atoms with Crippen LogP contribution in [0.15, 0.2) is 18.2 Å². The molecule has 1 aromatic rings. The van der Waals surface area contributed by atoms with E-state index in [0.29, 0.717) is 12.1 Å². The fourth-order valence-corrected chi connectivity index (χ4v) is 3.33. The van der Waals surface area contributed by atoms with E-state index in [1.165, 1.54) is 11.1 Å². The summed E-state index contributed by atoms with van der Waals surface area (Å²) < 4.78 is 11.4. The topological polar surface area (TPSA) is 21.7 Å². The van der Waals surface area contributed by atoms with Gasteiger partial charge in [0.05, 0.1) is 19.8 Å². The van der Waals surface area contributed by atoms with Crippen molar-refractivity contribution in [2.24, 2.45) is 0 Å². The van der Waals surface area contributed by atoms with Crippen molar-refractivity contribution in [3.63, 3.8) is 0 Å². The first kappa shape index (κ1) is 12.0. The lowest BCUT2D eigenvalue weighted by Crippen LogP contribution is -2.54. The lowest BCUT2D eigenvalue weighted by molar-refractivity contribution is -0.0724. The molecule has 1 fully saturated rings. The second-order valence-electron chi connectivity index (χ2n) is 5.11. The summed E-state index contributed by atoms with van der Waals surface area (Å²) in [4.78, 5) is 2.55. The van der Waals surface area contributed by atoms with Crippen LogP contribution in [0.5, 0.6) is 5.75 Å². The standard InChI is InChI=1S/C15H21NO2/c1-3-16-7-8-18-15-10-12-11(9-13(15)16)5-4-6-14(12)17-2/h4-6,13,15H,3,7-10H2,1-2H3. The SMILES string of the molecule is CCN1CCOC2Cc3c(cccc3OC)CC21. The van der Waals surface area contributed by atoms with Crippen LogP contribution in [0.25, 0.3) is 0 Å². The van der Waals surface area contributed by atoms with E-state index in [1.807, 2.05) is 0 Å². The van der Waals surface area contributed by atoms with Gasteiger partial charge in [-0.05, 0) is 30.2 Å². The second kappa shape index (κ2) is 4.90. The van der Waals surface area contributed by atoms with Crippen molar-refractivity contribution in [3.8, 4) is 5.75 Å². The first-order valence-corrected chi connectivity index (χ1v) is 6.84. The quantitative estimate of drug-likeness (QED) is 0.796. The Balaban J connectivity index is 1.93. The predicted molar refractivity (Wildman–Crippen MR) is 71.2 cm³/mol. The molecule has 98 valence electrons. The Kier molecular flexibility index (Phi) is 3.27. The van der Waals surface area contributed by atoms with Crippen LogP contribution in [0.2, 0.25) is 0 Å². The maximum Gasteiger partial charge on any atom is 0.122 e. The van der Waals surface area contributed by atoms with Gasteiger partial charge in [-0.2, -0.15) is 0 Å². The number of fused-ring (bicyclic) bond motifs is 2. The fourth-order valence-electron chi connectivity index (χ4n) is 3.33. The Morgan fingerprint density at radius 3 is 3.06 bits per heavy atom. The summed E-state index contributed by atoms with van der Waals surface area (Å²) in [7, 11) is 1.75. The molecule has 0 spiro atoms. The molecule has 1 heterocycles. The smallest absolute Gasteiger partial charge is 0.122 e. The number of rotatable bonds is 2. The number of morpholine rings is 1. The maximum absolute atomic E-state index is 5.97. The summed E-state index contributed by atoms with van der Waals surface area (Å²) in [6.45, 7) is 5.28. The predicted octanol–water partition coefficient (Wildman–Crippen LogP) is 1.88. The van der Waals surface area contributed by atoms with Crippen molar-refractivity contribution in [1.29, 1.82) is 0 Å². The third kappa shape index (κ3) is 1.91. The van der Waals surface area contributed by atoms with Crippen molar-refractivity contribution in [1.82, 2.24) is 4.90 Å². The van der Waals surface area contributed by atoms with Gasteiger partial charge in [0, 0.05) is 19.0 Å². The molecule has 1 aromatic carbocycles. The number of ether oxygens (including phenoxy) is 2. The largest absolute Gasteiger partial charge is 0.496 e. The lowest BCUT2D eigenvalue weighted by Gasteiger charge is -2.44. The number of methoxy groups -OCH3 is 1. The molecule has 1 aliphatic carbocycles. The summed E-state index contributed by atoms with van der Waals surface area (Å²) in [5.41, 5.74) is 2.78. The molecular formula is C15H21NO2. The van der Waals surface area contributed by atoms with Crippen molar-refractivity contribution >= 4 is 0 Å². The van der Waals surface area contributed by atoms with Gasteiger partial charge in [0.2, 0.25) is 0 Å². The van der Waals surface area contributed by atoms with Crippen LogP contribution in [0.4, 0.5) is 0 Å². The Labute approximate surface area is 109 Å². The zero-order valence-corrected chi connectivity index (χ0v) is 11.2. The molecule has 0 N–H and O–H groups in total. The lowest BCUT2D eigenvalue weighted by atomic mass is 9.84. The Morgan fingerprint density at radius 1 is 1.39 bits per heavy atom. The molecule has 18 heavy (non-hydrogen) atoms. The Bertz CT molecular complexity index is 433. The monoisotopic (exact) mass is 247 g/mol. The molecule has 0 amide bonds. The molecule has 0 bridgehead atoms. The normalized spacial score (nSPS) is 27.4. The molecule has 0 aromatic heterocycles. The summed E-state index contributed by atoms with van der Waals surface area (Å²) in [5.74, 6) is 1.02. The van der Waals surface area contributed by atoms with Gasteiger partial charge in [0.1, 0.15) is 5.75 Å². The van der Waals surface area contributed by atoms with E-state index in [9.17, 15) is 0 Å². The highest BCUT2D eigenvalue weighted by molar-refractivity contribution is 5.43. The number of nitrogens with zero attached hydrogens (tertiary/aromatic N) is 1. The molecular weight excluding hydrogens is 226 g/mol. The van der Waals surface area contributed by atoms with E-state index in [-0.39, 0.29) is 0 Å².